The second-order valence-electron chi connectivity index (χ2n) is 3.25. The van der Waals surface area contributed by atoms with Crippen LogP contribution in [0.2, 0.25) is 0 Å². The number of benzene rings is 1. The van der Waals surface area contributed by atoms with Crippen LogP contribution in [0.4, 0.5) is 0 Å². The highest BCUT2D eigenvalue weighted by Crippen LogP contribution is 2.22. The van der Waals surface area contributed by atoms with Gasteiger partial charge in [0.25, 0.3) is 0 Å². The zero-order valence-corrected chi connectivity index (χ0v) is 10.1. The standard InChI is InChI=1S/C13H11NO2.ClH/c1-2-5-12(15)16-11-8-3-6-10-7-4-9-14-13(10)11;/h2-9H,1H3;1H. The van der Waals surface area contributed by atoms with Crippen LogP contribution in [0.3, 0.4) is 0 Å². The van der Waals surface area contributed by atoms with Gasteiger partial charge in [-0.1, -0.05) is 24.3 Å². The van der Waals surface area contributed by atoms with Gasteiger partial charge >= 0.3 is 5.97 Å². The summed E-state index contributed by atoms with van der Waals surface area (Å²) in [6.45, 7) is 1.77. The smallest absolute Gasteiger partial charge is 0.335 e. The van der Waals surface area contributed by atoms with Crippen molar-refractivity contribution in [3.8, 4) is 5.75 Å². The summed E-state index contributed by atoms with van der Waals surface area (Å²) in [5, 5.41) is 0.952. The number of rotatable bonds is 2. The van der Waals surface area contributed by atoms with Crippen LogP contribution >= 0.6 is 12.4 Å². The third kappa shape index (κ3) is 3.04. The second kappa shape index (κ2) is 6.01. The molecule has 17 heavy (non-hydrogen) atoms. The molecule has 0 bridgehead atoms. The maximum absolute atomic E-state index is 11.3. The average molecular weight is 250 g/mol. The number of fused-ring (bicyclic) bond motifs is 1. The number of hydrogen-bond acceptors (Lipinski definition) is 3. The molecule has 3 nitrogen and oxygen atoms in total. The first-order chi connectivity index (χ1) is 7.81. The fraction of sp³-hybridized carbons (Fsp3) is 0.0769. The van der Waals surface area contributed by atoms with Crippen LogP contribution in [0, 0.1) is 0 Å². The van der Waals surface area contributed by atoms with Crippen molar-refractivity contribution in [2.75, 3.05) is 0 Å². The lowest BCUT2D eigenvalue weighted by atomic mass is 10.2. The molecule has 0 saturated carbocycles. The summed E-state index contributed by atoms with van der Waals surface area (Å²) in [5.41, 5.74) is 0.697. The summed E-state index contributed by atoms with van der Waals surface area (Å²) in [6, 6.07) is 9.27. The van der Waals surface area contributed by atoms with E-state index < -0.39 is 0 Å². The summed E-state index contributed by atoms with van der Waals surface area (Å²) in [4.78, 5) is 15.5. The molecule has 0 radical (unpaired) electrons. The third-order valence-corrected chi connectivity index (χ3v) is 2.11. The molecule has 0 fully saturated rings. The van der Waals surface area contributed by atoms with E-state index in [2.05, 4.69) is 4.98 Å². The predicted octanol–water partition coefficient (Wildman–Crippen LogP) is 3.14. The highest BCUT2D eigenvalue weighted by Gasteiger charge is 2.05. The van der Waals surface area contributed by atoms with Crippen molar-refractivity contribution in [2.24, 2.45) is 0 Å². The minimum absolute atomic E-state index is 0. The zero-order chi connectivity index (χ0) is 11.4. The maximum Gasteiger partial charge on any atom is 0.335 e. The second-order valence-corrected chi connectivity index (χ2v) is 3.25. The maximum atomic E-state index is 11.3. The van der Waals surface area contributed by atoms with Gasteiger partial charge in [-0.15, -0.1) is 12.4 Å². The molecule has 1 aromatic carbocycles. The highest BCUT2D eigenvalue weighted by molar-refractivity contribution is 5.90. The minimum atomic E-state index is -0.388. The van der Waals surface area contributed by atoms with Gasteiger partial charge in [0.05, 0.1) is 0 Å². The van der Waals surface area contributed by atoms with E-state index in [1.807, 2.05) is 24.3 Å². The molecule has 0 atom stereocenters. The van der Waals surface area contributed by atoms with Crippen molar-refractivity contribution < 1.29 is 9.53 Å². The number of aromatic nitrogens is 1. The van der Waals surface area contributed by atoms with Gasteiger partial charge in [0.15, 0.2) is 5.75 Å². The van der Waals surface area contributed by atoms with E-state index in [4.69, 9.17) is 4.74 Å². The molecule has 0 saturated heterocycles. The number of esters is 1. The molecule has 0 aliphatic heterocycles. The van der Waals surface area contributed by atoms with Crippen LogP contribution in [0.5, 0.6) is 5.75 Å². The van der Waals surface area contributed by atoms with Gasteiger partial charge in [-0.3, -0.25) is 4.98 Å². The van der Waals surface area contributed by atoms with Crippen molar-refractivity contribution >= 4 is 29.3 Å². The first kappa shape index (κ1) is 13.2. The number of pyridine rings is 1. The number of halogens is 1. The fourth-order valence-corrected chi connectivity index (χ4v) is 1.44. The Morgan fingerprint density at radius 3 is 2.82 bits per heavy atom. The molecule has 4 heteroatoms. The SMILES string of the molecule is CC=CC(=O)Oc1cccc2cccnc12.Cl. The van der Waals surface area contributed by atoms with Crippen molar-refractivity contribution in [1.82, 2.24) is 4.98 Å². The van der Waals surface area contributed by atoms with Gasteiger partial charge in [-0.25, -0.2) is 4.79 Å². The quantitative estimate of drug-likeness (QED) is 0.466. The molecule has 1 heterocycles. The minimum Gasteiger partial charge on any atom is -0.421 e. The molecule has 0 N–H and O–H groups in total. The van der Waals surface area contributed by atoms with E-state index in [1.54, 1.807) is 25.3 Å². The number of carbonyl (C=O) groups is 1. The Kier molecular flexibility index (Phi) is 4.67. The Labute approximate surface area is 106 Å². The van der Waals surface area contributed by atoms with Gasteiger partial charge in [0.2, 0.25) is 0 Å². The van der Waals surface area contributed by atoms with E-state index in [0.29, 0.717) is 11.3 Å². The van der Waals surface area contributed by atoms with E-state index in [1.165, 1.54) is 6.08 Å². The molecule has 0 aliphatic carbocycles. The summed E-state index contributed by atoms with van der Waals surface area (Å²) in [5.74, 6) is 0.0989. The highest BCUT2D eigenvalue weighted by atomic mass is 35.5. The molecule has 0 amide bonds. The number of allylic oxidation sites excluding steroid dienone is 1. The van der Waals surface area contributed by atoms with Gasteiger partial charge in [0, 0.05) is 17.7 Å². The molecule has 1 aromatic heterocycles. The fourth-order valence-electron chi connectivity index (χ4n) is 1.44. The monoisotopic (exact) mass is 249 g/mol. The van der Waals surface area contributed by atoms with Crippen molar-refractivity contribution in [3.63, 3.8) is 0 Å². The molecule has 0 aliphatic rings. The number of ether oxygens (including phenoxy) is 1. The topological polar surface area (TPSA) is 39.2 Å². The van der Waals surface area contributed by atoms with Crippen LogP contribution in [-0.2, 0) is 4.79 Å². The molecule has 88 valence electrons. The number of hydrogen-bond donors (Lipinski definition) is 0. The van der Waals surface area contributed by atoms with Crippen LogP contribution in [-0.4, -0.2) is 11.0 Å². The normalized spacial score (nSPS) is 10.2. The third-order valence-electron chi connectivity index (χ3n) is 2.11. The molecule has 2 rings (SSSR count). The zero-order valence-electron chi connectivity index (χ0n) is 9.29. The lowest BCUT2D eigenvalue weighted by molar-refractivity contribution is -0.128. The van der Waals surface area contributed by atoms with Crippen LogP contribution < -0.4 is 4.74 Å². The molecule has 0 spiro atoms. The van der Waals surface area contributed by atoms with Crippen molar-refractivity contribution in [2.45, 2.75) is 6.92 Å². The van der Waals surface area contributed by atoms with Crippen LogP contribution in [0.1, 0.15) is 6.92 Å². The summed E-state index contributed by atoms with van der Waals surface area (Å²) in [6.07, 6.45) is 4.69. The first-order valence-corrected chi connectivity index (χ1v) is 4.99. The van der Waals surface area contributed by atoms with Crippen molar-refractivity contribution in [3.05, 3.63) is 48.7 Å². The van der Waals surface area contributed by atoms with E-state index in [0.717, 1.165) is 5.39 Å². The Balaban J connectivity index is 0.00000144. The number of nitrogens with zero attached hydrogens (tertiary/aromatic N) is 1. The largest absolute Gasteiger partial charge is 0.421 e. The Hall–Kier alpha value is -1.87. The van der Waals surface area contributed by atoms with E-state index >= 15 is 0 Å². The molecular weight excluding hydrogens is 238 g/mol. The summed E-state index contributed by atoms with van der Waals surface area (Å²) < 4.78 is 5.18. The Morgan fingerprint density at radius 1 is 1.29 bits per heavy atom. The van der Waals surface area contributed by atoms with Gasteiger partial charge in [0.1, 0.15) is 5.52 Å². The Bertz CT molecular complexity index is 547. The number of para-hydroxylation sites is 1. The van der Waals surface area contributed by atoms with Crippen LogP contribution in [0.15, 0.2) is 48.7 Å². The predicted molar refractivity (Wildman–Crippen MR) is 69.4 cm³/mol. The summed E-state index contributed by atoms with van der Waals surface area (Å²) in [7, 11) is 0. The lowest BCUT2D eigenvalue weighted by Crippen LogP contribution is -2.04. The molecule has 0 unspecified atom stereocenters. The molecular formula is C13H12ClNO2. The van der Waals surface area contributed by atoms with Gasteiger partial charge in [-0.05, 0) is 19.1 Å². The summed E-state index contributed by atoms with van der Waals surface area (Å²) >= 11 is 0. The van der Waals surface area contributed by atoms with E-state index in [-0.39, 0.29) is 18.4 Å². The molecule has 2 aromatic rings. The first-order valence-electron chi connectivity index (χ1n) is 4.99. The number of carbonyl (C=O) groups excluding carboxylic acids is 1. The van der Waals surface area contributed by atoms with Gasteiger partial charge < -0.3 is 4.74 Å². The van der Waals surface area contributed by atoms with Crippen LogP contribution in [0.25, 0.3) is 10.9 Å². The van der Waals surface area contributed by atoms with Gasteiger partial charge in [-0.2, -0.15) is 0 Å². The van der Waals surface area contributed by atoms with Crippen molar-refractivity contribution in [1.29, 1.82) is 0 Å². The lowest BCUT2D eigenvalue weighted by Gasteiger charge is -2.04. The average Bonchev–Trinajstić information content (AvgIpc) is 2.30. The Morgan fingerprint density at radius 2 is 2.06 bits per heavy atom. The van der Waals surface area contributed by atoms with E-state index in [9.17, 15) is 4.79 Å².